The van der Waals surface area contributed by atoms with E-state index in [4.69, 9.17) is 11.6 Å². The molecule has 2 aromatic rings. The molecule has 0 bridgehead atoms. The fraction of sp³-hybridized carbons (Fsp3) is 0.524. The molecule has 1 aromatic carbocycles. The van der Waals surface area contributed by atoms with Crippen molar-refractivity contribution in [2.24, 2.45) is 0 Å². The molecule has 28 heavy (non-hydrogen) atoms. The minimum atomic E-state index is 0.113. The van der Waals surface area contributed by atoms with Gasteiger partial charge in [-0.25, -0.2) is 4.98 Å². The fourth-order valence-electron chi connectivity index (χ4n) is 3.95. The molecule has 5 nitrogen and oxygen atoms in total. The normalized spacial score (nSPS) is 18.7. The SMILES string of the molecule is Cc1nc(-c2cccc(Cl)c2)sc1C(=O)N1CCN(CCN2CCCC2)CC1. The van der Waals surface area contributed by atoms with Crippen LogP contribution < -0.4 is 0 Å². The third-order valence-corrected chi connectivity index (χ3v) is 7.08. The Labute approximate surface area is 175 Å². The van der Waals surface area contributed by atoms with Crippen molar-refractivity contribution in [1.29, 1.82) is 0 Å². The van der Waals surface area contributed by atoms with Crippen LogP contribution in [0.1, 0.15) is 28.2 Å². The molecule has 2 aliphatic heterocycles. The van der Waals surface area contributed by atoms with Gasteiger partial charge >= 0.3 is 0 Å². The monoisotopic (exact) mass is 418 g/mol. The molecule has 7 heteroatoms. The zero-order valence-corrected chi connectivity index (χ0v) is 17.9. The van der Waals surface area contributed by atoms with E-state index in [-0.39, 0.29) is 5.91 Å². The number of amides is 1. The fourth-order valence-corrected chi connectivity index (χ4v) is 5.17. The van der Waals surface area contributed by atoms with E-state index >= 15 is 0 Å². The number of aromatic nitrogens is 1. The van der Waals surface area contributed by atoms with Crippen molar-refractivity contribution in [3.63, 3.8) is 0 Å². The molecule has 0 saturated carbocycles. The number of piperazine rings is 1. The number of thiazole rings is 1. The van der Waals surface area contributed by atoms with Gasteiger partial charge in [0.15, 0.2) is 0 Å². The quantitative estimate of drug-likeness (QED) is 0.743. The number of rotatable bonds is 5. The lowest BCUT2D eigenvalue weighted by Gasteiger charge is -2.35. The summed E-state index contributed by atoms with van der Waals surface area (Å²) in [6.07, 6.45) is 2.68. The van der Waals surface area contributed by atoms with Crippen LogP contribution in [0.4, 0.5) is 0 Å². The van der Waals surface area contributed by atoms with Gasteiger partial charge in [-0.1, -0.05) is 23.7 Å². The standard InChI is InChI=1S/C21H27ClN4OS/c1-16-19(28-20(23-16)17-5-4-6-18(22)15-17)21(27)26-13-11-25(12-14-26)10-9-24-7-2-3-8-24/h4-6,15H,2-3,7-14H2,1H3. The summed E-state index contributed by atoms with van der Waals surface area (Å²) in [4.78, 5) is 25.4. The number of carbonyl (C=O) groups excluding carboxylic acids is 1. The van der Waals surface area contributed by atoms with Crippen LogP contribution in [0.5, 0.6) is 0 Å². The first-order valence-corrected chi connectivity index (χ1v) is 11.3. The van der Waals surface area contributed by atoms with Crippen molar-refractivity contribution >= 4 is 28.8 Å². The van der Waals surface area contributed by atoms with Gasteiger partial charge in [0.2, 0.25) is 0 Å². The third kappa shape index (κ3) is 4.57. The Morgan fingerprint density at radius 3 is 2.43 bits per heavy atom. The lowest BCUT2D eigenvalue weighted by molar-refractivity contribution is 0.0630. The first-order chi connectivity index (χ1) is 13.6. The molecule has 0 N–H and O–H groups in total. The zero-order chi connectivity index (χ0) is 19.5. The molecule has 0 unspecified atom stereocenters. The number of nitrogens with zero attached hydrogens (tertiary/aromatic N) is 4. The third-order valence-electron chi connectivity index (χ3n) is 5.65. The maximum Gasteiger partial charge on any atom is 0.265 e. The number of carbonyl (C=O) groups is 1. The van der Waals surface area contributed by atoms with Crippen LogP contribution in [0.25, 0.3) is 10.6 Å². The summed E-state index contributed by atoms with van der Waals surface area (Å²) in [7, 11) is 0. The number of hydrogen-bond donors (Lipinski definition) is 0. The van der Waals surface area contributed by atoms with E-state index in [9.17, 15) is 4.79 Å². The first-order valence-electron chi connectivity index (χ1n) is 10.1. The van der Waals surface area contributed by atoms with Gasteiger partial charge in [-0.05, 0) is 45.0 Å². The van der Waals surface area contributed by atoms with Crippen LogP contribution in [0.2, 0.25) is 5.02 Å². The predicted molar refractivity (Wildman–Crippen MR) is 115 cm³/mol. The van der Waals surface area contributed by atoms with Gasteiger partial charge in [-0.3, -0.25) is 9.69 Å². The summed E-state index contributed by atoms with van der Waals surface area (Å²) in [6.45, 7) is 10.2. The number of hydrogen-bond acceptors (Lipinski definition) is 5. The topological polar surface area (TPSA) is 39.7 Å². The molecule has 0 spiro atoms. The number of halogens is 1. The molecule has 0 aliphatic carbocycles. The van der Waals surface area contributed by atoms with Crippen LogP contribution in [-0.4, -0.2) is 77.9 Å². The second kappa shape index (κ2) is 8.91. The second-order valence-corrected chi connectivity index (χ2v) is 9.06. The molecule has 2 saturated heterocycles. The van der Waals surface area contributed by atoms with Crippen LogP contribution >= 0.6 is 22.9 Å². The van der Waals surface area contributed by atoms with E-state index in [1.807, 2.05) is 36.1 Å². The van der Waals surface area contributed by atoms with Crippen molar-refractivity contribution in [2.75, 3.05) is 52.4 Å². The first kappa shape index (κ1) is 19.8. The summed E-state index contributed by atoms with van der Waals surface area (Å²) in [5.74, 6) is 0.113. The largest absolute Gasteiger partial charge is 0.335 e. The Kier molecular flexibility index (Phi) is 6.31. The molecule has 2 aliphatic rings. The summed E-state index contributed by atoms with van der Waals surface area (Å²) >= 11 is 7.57. The van der Waals surface area contributed by atoms with E-state index in [2.05, 4.69) is 14.8 Å². The van der Waals surface area contributed by atoms with Gasteiger partial charge in [0.05, 0.1) is 5.69 Å². The molecule has 1 aromatic heterocycles. The molecule has 2 fully saturated rings. The highest BCUT2D eigenvalue weighted by Crippen LogP contribution is 2.30. The Morgan fingerprint density at radius 2 is 1.75 bits per heavy atom. The smallest absolute Gasteiger partial charge is 0.265 e. The Morgan fingerprint density at radius 1 is 1.07 bits per heavy atom. The molecule has 0 radical (unpaired) electrons. The van der Waals surface area contributed by atoms with Crippen LogP contribution in [-0.2, 0) is 0 Å². The predicted octanol–water partition coefficient (Wildman–Crippen LogP) is 3.63. The number of aryl methyl sites for hydroxylation is 1. The molecule has 150 valence electrons. The minimum Gasteiger partial charge on any atom is -0.335 e. The Bertz CT molecular complexity index is 826. The molecule has 1 amide bonds. The van der Waals surface area contributed by atoms with Crippen LogP contribution in [0, 0.1) is 6.92 Å². The average Bonchev–Trinajstić information content (AvgIpc) is 3.36. The van der Waals surface area contributed by atoms with E-state index in [0.717, 1.165) is 60.4 Å². The van der Waals surface area contributed by atoms with Crippen molar-refractivity contribution < 1.29 is 4.79 Å². The lowest BCUT2D eigenvalue weighted by Crippen LogP contribution is -2.50. The second-order valence-electron chi connectivity index (χ2n) is 7.63. The van der Waals surface area contributed by atoms with Crippen LogP contribution in [0.15, 0.2) is 24.3 Å². The summed E-state index contributed by atoms with van der Waals surface area (Å²) in [5.41, 5.74) is 1.77. The number of likely N-dealkylation sites (tertiary alicyclic amines) is 1. The number of benzene rings is 1. The molecule has 3 heterocycles. The van der Waals surface area contributed by atoms with Gasteiger partial charge in [0, 0.05) is 49.9 Å². The van der Waals surface area contributed by atoms with Gasteiger partial charge in [0.1, 0.15) is 9.88 Å². The van der Waals surface area contributed by atoms with E-state index in [1.54, 1.807) is 0 Å². The van der Waals surface area contributed by atoms with Crippen molar-refractivity contribution in [3.8, 4) is 10.6 Å². The highest BCUT2D eigenvalue weighted by Gasteiger charge is 2.26. The maximum absolute atomic E-state index is 13.0. The zero-order valence-electron chi connectivity index (χ0n) is 16.4. The Hall–Kier alpha value is -1.47. The summed E-state index contributed by atoms with van der Waals surface area (Å²) in [5, 5.41) is 1.54. The van der Waals surface area contributed by atoms with Crippen molar-refractivity contribution in [3.05, 3.63) is 39.9 Å². The van der Waals surface area contributed by atoms with Crippen LogP contribution in [0.3, 0.4) is 0 Å². The summed E-state index contributed by atoms with van der Waals surface area (Å²) < 4.78 is 0. The highest BCUT2D eigenvalue weighted by atomic mass is 35.5. The average molecular weight is 419 g/mol. The van der Waals surface area contributed by atoms with E-state index in [0.29, 0.717) is 5.02 Å². The van der Waals surface area contributed by atoms with Gasteiger partial charge in [-0.2, -0.15) is 0 Å². The van der Waals surface area contributed by atoms with Gasteiger partial charge < -0.3 is 9.80 Å². The van der Waals surface area contributed by atoms with Crippen molar-refractivity contribution in [1.82, 2.24) is 19.7 Å². The summed E-state index contributed by atoms with van der Waals surface area (Å²) in [6, 6.07) is 7.64. The maximum atomic E-state index is 13.0. The molecule has 0 atom stereocenters. The van der Waals surface area contributed by atoms with Gasteiger partial charge in [0.25, 0.3) is 5.91 Å². The van der Waals surface area contributed by atoms with E-state index in [1.165, 1.54) is 37.3 Å². The lowest BCUT2D eigenvalue weighted by atomic mass is 10.2. The van der Waals surface area contributed by atoms with E-state index < -0.39 is 0 Å². The highest BCUT2D eigenvalue weighted by molar-refractivity contribution is 7.17. The molecular weight excluding hydrogens is 392 g/mol. The molecule has 4 rings (SSSR count). The van der Waals surface area contributed by atoms with Crippen molar-refractivity contribution in [2.45, 2.75) is 19.8 Å². The Balaban J connectivity index is 1.35. The molecular formula is C21H27ClN4OS. The van der Waals surface area contributed by atoms with Gasteiger partial charge in [-0.15, -0.1) is 11.3 Å². The minimum absolute atomic E-state index is 0.113.